The first-order chi connectivity index (χ1) is 15.3. The second-order valence-corrected chi connectivity index (χ2v) is 8.87. The number of allylic oxidation sites excluding steroid dienone is 1. The zero-order chi connectivity index (χ0) is 23.3. The zero-order valence-electron chi connectivity index (χ0n) is 17.3. The van der Waals surface area contributed by atoms with Crippen LogP contribution in [0.3, 0.4) is 0 Å². The monoisotopic (exact) mass is 513 g/mol. The maximum absolute atomic E-state index is 12.8. The lowest BCUT2D eigenvalue weighted by Crippen LogP contribution is -2.44. The molecular weight excluding hydrogens is 494 g/mol. The molecule has 0 aliphatic carbocycles. The van der Waals surface area contributed by atoms with Crippen LogP contribution in [0, 0.1) is 24.2 Å². The van der Waals surface area contributed by atoms with E-state index in [2.05, 4.69) is 32.6 Å². The Morgan fingerprint density at radius 1 is 1.25 bits per heavy atom. The van der Waals surface area contributed by atoms with Crippen molar-refractivity contribution in [1.82, 2.24) is 5.32 Å². The minimum atomic E-state index is -1.19. The van der Waals surface area contributed by atoms with E-state index in [4.69, 9.17) is 4.74 Å². The Balaban J connectivity index is 1.85. The highest BCUT2D eigenvalue weighted by atomic mass is 79.9. The molecule has 0 unspecified atom stereocenters. The van der Waals surface area contributed by atoms with Gasteiger partial charge in [0.15, 0.2) is 0 Å². The number of hydrogen-bond donors (Lipinski definition) is 2. The fourth-order valence-corrected chi connectivity index (χ4v) is 4.49. The Labute approximate surface area is 198 Å². The van der Waals surface area contributed by atoms with Gasteiger partial charge in [0.25, 0.3) is 0 Å². The van der Waals surface area contributed by atoms with E-state index in [9.17, 15) is 19.6 Å². The number of rotatable bonds is 6. The van der Waals surface area contributed by atoms with Gasteiger partial charge in [-0.05, 0) is 36.2 Å². The highest BCUT2D eigenvalue weighted by Crippen LogP contribution is 2.40. The second-order valence-electron chi connectivity index (χ2n) is 7.03. The summed E-state index contributed by atoms with van der Waals surface area (Å²) in [4.78, 5) is 37.6. The fourth-order valence-electron chi connectivity index (χ4n) is 3.40. The van der Waals surface area contributed by atoms with Crippen molar-refractivity contribution in [3.63, 3.8) is 0 Å². The third kappa shape index (κ3) is 5.21. The Morgan fingerprint density at radius 2 is 1.97 bits per heavy atom. The van der Waals surface area contributed by atoms with E-state index in [0.29, 0.717) is 11.3 Å². The number of amides is 2. The summed E-state index contributed by atoms with van der Waals surface area (Å²) in [6.45, 7) is 1.91. The predicted octanol–water partition coefficient (Wildman–Crippen LogP) is 3.87. The van der Waals surface area contributed by atoms with Crippen molar-refractivity contribution in [2.75, 3.05) is 18.2 Å². The first-order valence-corrected chi connectivity index (χ1v) is 11.4. The first-order valence-electron chi connectivity index (χ1n) is 9.62. The molecule has 164 valence electrons. The molecule has 0 saturated carbocycles. The van der Waals surface area contributed by atoms with E-state index >= 15 is 0 Å². The summed E-state index contributed by atoms with van der Waals surface area (Å²) in [5.74, 6) is -3.61. The summed E-state index contributed by atoms with van der Waals surface area (Å²) in [7, 11) is 1.20. The van der Waals surface area contributed by atoms with Crippen molar-refractivity contribution in [3.05, 3.63) is 74.7 Å². The summed E-state index contributed by atoms with van der Waals surface area (Å²) in [6, 6.07) is 16.4. The maximum atomic E-state index is 12.8. The van der Waals surface area contributed by atoms with Crippen LogP contribution in [-0.2, 0) is 19.1 Å². The lowest BCUT2D eigenvalue weighted by molar-refractivity contribution is -0.150. The van der Waals surface area contributed by atoms with Crippen LogP contribution in [0.1, 0.15) is 17.0 Å². The maximum Gasteiger partial charge on any atom is 0.319 e. The molecule has 2 aromatic rings. The van der Waals surface area contributed by atoms with Crippen LogP contribution >= 0.6 is 27.7 Å². The van der Waals surface area contributed by atoms with Gasteiger partial charge in [-0.1, -0.05) is 58.0 Å². The number of nitriles is 1. The standard InChI is InChI=1S/C23H20BrN3O4S/c1-13-10-15(8-9-17(13)24)26-18(28)12-32-22-16(11-25)19(14-6-4-3-5-7-14)20(21(29)27-22)23(30)31-2/h3-10,19-20H,12H2,1-2H3,(H,26,28)(H,27,29)/t19-,20+/m0/s1. The molecule has 0 spiro atoms. The van der Waals surface area contributed by atoms with Gasteiger partial charge in [0, 0.05) is 16.1 Å². The number of hydrogen-bond acceptors (Lipinski definition) is 6. The van der Waals surface area contributed by atoms with E-state index in [1.54, 1.807) is 36.4 Å². The van der Waals surface area contributed by atoms with Gasteiger partial charge in [-0.25, -0.2) is 0 Å². The van der Waals surface area contributed by atoms with E-state index in [-0.39, 0.29) is 22.3 Å². The smallest absolute Gasteiger partial charge is 0.319 e. The second kappa shape index (κ2) is 10.5. The third-order valence-electron chi connectivity index (χ3n) is 4.93. The lowest BCUT2D eigenvalue weighted by Gasteiger charge is -2.30. The van der Waals surface area contributed by atoms with Crippen LogP contribution in [0.4, 0.5) is 5.69 Å². The number of thioether (sulfide) groups is 1. The topological polar surface area (TPSA) is 108 Å². The number of methoxy groups -OCH3 is 1. The summed E-state index contributed by atoms with van der Waals surface area (Å²) < 4.78 is 5.75. The number of carbonyl (C=O) groups excluding carboxylic acids is 3. The summed E-state index contributed by atoms with van der Waals surface area (Å²) in [5.41, 5.74) is 2.47. The van der Waals surface area contributed by atoms with Crippen LogP contribution in [0.15, 0.2) is 63.6 Å². The number of ether oxygens (including phenoxy) is 1. The van der Waals surface area contributed by atoms with E-state index in [0.717, 1.165) is 21.8 Å². The molecule has 32 heavy (non-hydrogen) atoms. The average molecular weight is 514 g/mol. The molecule has 1 aliphatic rings. The number of nitrogens with one attached hydrogen (secondary N) is 2. The van der Waals surface area contributed by atoms with Gasteiger partial charge in [-0.15, -0.1) is 0 Å². The predicted molar refractivity (Wildman–Crippen MR) is 125 cm³/mol. The van der Waals surface area contributed by atoms with Gasteiger partial charge in [-0.3, -0.25) is 14.4 Å². The molecule has 7 nitrogen and oxygen atoms in total. The average Bonchev–Trinajstić information content (AvgIpc) is 2.79. The molecule has 2 N–H and O–H groups in total. The molecule has 1 aliphatic heterocycles. The number of nitrogens with zero attached hydrogens (tertiary/aromatic N) is 1. The van der Waals surface area contributed by atoms with Crippen LogP contribution in [0.2, 0.25) is 0 Å². The molecule has 1 heterocycles. The number of benzene rings is 2. The molecule has 0 saturated heterocycles. The van der Waals surface area contributed by atoms with Gasteiger partial charge >= 0.3 is 5.97 Å². The number of anilines is 1. The van der Waals surface area contributed by atoms with Crippen molar-refractivity contribution in [1.29, 1.82) is 5.26 Å². The molecular formula is C23H20BrN3O4S. The molecule has 0 aromatic heterocycles. The molecule has 2 aromatic carbocycles. The van der Waals surface area contributed by atoms with E-state index < -0.39 is 23.7 Å². The summed E-state index contributed by atoms with van der Waals surface area (Å²) >= 11 is 4.46. The summed E-state index contributed by atoms with van der Waals surface area (Å²) in [6.07, 6.45) is 0. The van der Waals surface area contributed by atoms with Gasteiger partial charge in [0.1, 0.15) is 5.92 Å². The van der Waals surface area contributed by atoms with Gasteiger partial charge in [-0.2, -0.15) is 5.26 Å². The number of aryl methyl sites for hydroxylation is 1. The Morgan fingerprint density at radius 3 is 2.59 bits per heavy atom. The quantitative estimate of drug-likeness (QED) is 0.448. The van der Waals surface area contributed by atoms with Crippen LogP contribution in [0.25, 0.3) is 0 Å². The summed E-state index contributed by atoms with van der Waals surface area (Å²) in [5, 5.41) is 15.5. The largest absolute Gasteiger partial charge is 0.468 e. The molecule has 0 bridgehead atoms. The third-order valence-corrected chi connectivity index (χ3v) is 6.84. The van der Waals surface area contributed by atoms with Crippen molar-refractivity contribution in [2.45, 2.75) is 12.8 Å². The highest BCUT2D eigenvalue weighted by Gasteiger charge is 2.44. The molecule has 2 atom stereocenters. The molecule has 0 fully saturated rings. The Bertz CT molecular complexity index is 1130. The Hall–Kier alpha value is -3.09. The lowest BCUT2D eigenvalue weighted by atomic mass is 9.78. The number of esters is 1. The minimum absolute atomic E-state index is 0.0275. The Kier molecular flexibility index (Phi) is 7.72. The number of carbonyl (C=O) groups is 3. The fraction of sp³-hybridized carbons (Fsp3) is 0.217. The molecule has 2 amide bonds. The highest BCUT2D eigenvalue weighted by molar-refractivity contribution is 9.10. The van der Waals surface area contributed by atoms with Crippen molar-refractivity contribution >= 4 is 51.2 Å². The van der Waals surface area contributed by atoms with Gasteiger partial charge in [0.2, 0.25) is 11.8 Å². The molecule has 3 rings (SSSR count). The molecule has 9 heteroatoms. The van der Waals surface area contributed by atoms with E-state index in [1.165, 1.54) is 7.11 Å². The normalized spacial score (nSPS) is 17.9. The van der Waals surface area contributed by atoms with Crippen molar-refractivity contribution in [3.8, 4) is 6.07 Å². The van der Waals surface area contributed by atoms with Crippen molar-refractivity contribution in [2.24, 2.45) is 5.92 Å². The number of halogens is 1. The SMILES string of the molecule is COC(=O)[C@H]1C(=O)NC(SCC(=O)Nc2ccc(Br)c(C)c2)=C(C#N)[C@@H]1c1ccccc1. The van der Waals surface area contributed by atoms with Gasteiger partial charge < -0.3 is 15.4 Å². The van der Waals surface area contributed by atoms with Crippen LogP contribution in [-0.4, -0.2) is 30.6 Å². The zero-order valence-corrected chi connectivity index (χ0v) is 19.7. The first kappa shape index (κ1) is 23.6. The van der Waals surface area contributed by atoms with Crippen LogP contribution < -0.4 is 10.6 Å². The van der Waals surface area contributed by atoms with Crippen LogP contribution in [0.5, 0.6) is 0 Å². The van der Waals surface area contributed by atoms with Crippen molar-refractivity contribution < 1.29 is 19.1 Å². The van der Waals surface area contributed by atoms with E-state index in [1.807, 2.05) is 19.1 Å². The molecule has 0 radical (unpaired) electrons. The van der Waals surface area contributed by atoms with Gasteiger partial charge in [0.05, 0.1) is 29.5 Å². The minimum Gasteiger partial charge on any atom is -0.468 e.